The summed E-state index contributed by atoms with van der Waals surface area (Å²) in [4.78, 5) is 25.8. The molecule has 1 heterocycles. The summed E-state index contributed by atoms with van der Waals surface area (Å²) < 4.78 is 8.43. The van der Waals surface area contributed by atoms with E-state index in [1.54, 1.807) is 31.3 Å². The number of hydrogen-bond donors (Lipinski definition) is 1. The van der Waals surface area contributed by atoms with Gasteiger partial charge in [0, 0.05) is 37.2 Å². The van der Waals surface area contributed by atoms with Crippen molar-refractivity contribution >= 4 is 22.5 Å². The molecule has 0 amide bonds. The summed E-state index contributed by atoms with van der Waals surface area (Å²) in [6.45, 7) is 2.42. The van der Waals surface area contributed by atoms with Gasteiger partial charge in [-0.2, -0.15) is 0 Å². The minimum Gasteiger partial charge on any atom is -0.494 e. The van der Waals surface area contributed by atoms with Gasteiger partial charge in [0.2, 0.25) is 0 Å². The molecule has 3 rings (SSSR count). The number of benzene rings is 2. The summed E-state index contributed by atoms with van der Waals surface area (Å²) >= 11 is 5.99. The topological polar surface area (TPSA) is 73.5 Å². The number of aliphatic hydroxyl groups excluding tert-OH is 1. The van der Waals surface area contributed by atoms with Gasteiger partial charge in [0.25, 0.3) is 5.56 Å². The van der Waals surface area contributed by atoms with Gasteiger partial charge in [0.1, 0.15) is 5.75 Å². The number of aromatic nitrogens is 2. The molecule has 0 aliphatic carbocycles. The fourth-order valence-corrected chi connectivity index (χ4v) is 3.47. The van der Waals surface area contributed by atoms with E-state index in [-0.39, 0.29) is 18.7 Å². The Hall–Kier alpha value is -2.57. The van der Waals surface area contributed by atoms with Crippen LogP contribution in [0, 0.1) is 0 Å². The van der Waals surface area contributed by atoms with E-state index in [4.69, 9.17) is 21.4 Å². The Kier molecular flexibility index (Phi) is 6.21. The molecule has 0 aliphatic rings. The van der Waals surface area contributed by atoms with Gasteiger partial charge in [-0.3, -0.25) is 13.9 Å². The maximum Gasteiger partial charge on any atom is 0.331 e. The normalized spacial score (nSPS) is 11.1. The largest absolute Gasteiger partial charge is 0.494 e. The third-order valence-electron chi connectivity index (χ3n) is 4.72. The maximum atomic E-state index is 13.2. The molecule has 0 saturated carbocycles. The second-order valence-corrected chi connectivity index (χ2v) is 6.98. The molecule has 28 heavy (non-hydrogen) atoms. The lowest BCUT2D eigenvalue weighted by atomic mass is 10.00. The van der Waals surface area contributed by atoms with Crippen molar-refractivity contribution in [3.8, 4) is 5.75 Å². The minimum absolute atomic E-state index is 0.0930. The summed E-state index contributed by atoms with van der Waals surface area (Å²) in [7, 11) is 1.64. The highest BCUT2D eigenvalue weighted by molar-refractivity contribution is 6.30. The molecular weight excluding hydrogens is 380 g/mol. The monoisotopic (exact) mass is 402 g/mol. The zero-order valence-corrected chi connectivity index (χ0v) is 16.7. The molecule has 0 radical (unpaired) electrons. The average molecular weight is 403 g/mol. The quantitative estimate of drug-likeness (QED) is 0.659. The number of ether oxygens (including phenoxy) is 1. The molecule has 2 aromatic carbocycles. The second kappa shape index (κ2) is 8.63. The fourth-order valence-electron chi connectivity index (χ4n) is 3.34. The maximum absolute atomic E-state index is 13.2. The van der Waals surface area contributed by atoms with Crippen molar-refractivity contribution in [3.63, 3.8) is 0 Å². The molecule has 0 atom stereocenters. The van der Waals surface area contributed by atoms with Crippen molar-refractivity contribution in [1.82, 2.24) is 9.13 Å². The first-order valence-electron chi connectivity index (χ1n) is 9.21. The first kappa shape index (κ1) is 20.2. The Labute approximate surface area is 167 Å². The second-order valence-electron chi connectivity index (χ2n) is 6.55. The SMILES string of the molecule is CCOc1ccc2c(c1Cc1ccc(Cl)cc1)c(=O)n(CCCO)c(=O)n2C. The molecule has 1 aromatic heterocycles. The summed E-state index contributed by atoms with van der Waals surface area (Å²) in [5, 5.41) is 10.2. The van der Waals surface area contributed by atoms with Crippen LogP contribution in [-0.4, -0.2) is 27.5 Å². The highest BCUT2D eigenvalue weighted by atomic mass is 35.5. The molecule has 0 saturated heterocycles. The number of halogens is 1. The van der Waals surface area contributed by atoms with E-state index < -0.39 is 5.69 Å². The number of aryl methyl sites for hydroxylation is 1. The molecule has 0 fully saturated rings. The smallest absolute Gasteiger partial charge is 0.331 e. The summed E-state index contributed by atoms with van der Waals surface area (Å²) in [5.74, 6) is 0.620. The van der Waals surface area contributed by atoms with Crippen LogP contribution in [0.5, 0.6) is 5.75 Å². The van der Waals surface area contributed by atoms with Crippen molar-refractivity contribution in [1.29, 1.82) is 0 Å². The van der Waals surface area contributed by atoms with Crippen LogP contribution in [0.15, 0.2) is 46.0 Å². The number of fused-ring (bicyclic) bond motifs is 1. The third-order valence-corrected chi connectivity index (χ3v) is 4.97. The first-order valence-corrected chi connectivity index (χ1v) is 9.59. The Morgan fingerprint density at radius 2 is 1.82 bits per heavy atom. The zero-order chi connectivity index (χ0) is 20.3. The van der Waals surface area contributed by atoms with E-state index in [9.17, 15) is 9.59 Å². The first-order chi connectivity index (χ1) is 13.5. The number of nitrogens with zero attached hydrogens (tertiary/aromatic N) is 2. The fraction of sp³-hybridized carbons (Fsp3) is 0.333. The van der Waals surface area contributed by atoms with Gasteiger partial charge in [0.05, 0.1) is 17.5 Å². The third kappa shape index (κ3) is 3.84. The van der Waals surface area contributed by atoms with E-state index in [0.717, 1.165) is 11.1 Å². The Morgan fingerprint density at radius 3 is 2.46 bits per heavy atom. The van der Waals surface area contributed by atoms with Crippen LogP contribution in [-0.2, 0) is 20.0 Å². The molecule has 1 N–H and O–H groups in total. The summed E-state index contributed by atoms with van der Waals surface area (Å²) in [6, 6.07) is 11.0. The molecule has 148 valence electrons. The number of hydrogen-bond acceptors (Lipinski definition) is 4. The Balaban J connectivity index is 2.29. The van der Waals surface area contributed by atoms with Crippen molar-refractivity contribution in [2.75, 3.05) is 13.2 Å². The predicted octanol–water partition coefficient (Wildman–Crippen LogP) is 2.73. The van der Waals surface area contributed by atoms with Gasteiger partial charge in [-0.15, -0.1) is 0 Å². The summed E-state index contributed by atoms with van der Waals surface area (Å²) in [6.07, 6.45) is 0.801. The van der Waals surface area contributed by atoms with Crippen LogP contribution >= 0.6 is 11.6 Å². The molecule has 3 aromatic rings. The van der Waals surface area contributed by atoms with Gasteiger partial charge >= 0.3 is 5.69 Å². The van der Waals surface area contributed by atoms with E-state index >= 15 is 0 Å². The number of aliphatic hydroxyl groups is 1. The van der Waals surface area contributed by atoms with Crippen molar-refractivity contribution in [3.05, 3.63) is 73.4 Å². The lowest BCUT2D eigenvalue weighted by Crippen LogP contribution is -2.39. The molecule has 6 nitrogen and oxygen atoms in total. The molecular formula is C21H23ClN2O4. The molecule has 0 spiro atoms. The molecule has 0 aliphatic heterocycles. The zero-order valence-electron chi connectivity index (χ0n) is 15.9. The van der Waals surface area contributed by atoms with E-state index in [1.165, 1.54) is 9.13 Å². The van der Waals surface area contributed by atoms with Crippen LogP contribution in [0.2, 0.25) is 5.02 Å². The van der Waals surface area contributed by atoms with E-state index in [1.807, 2.05) is 19.1 Å². The van der Waals surface area contributed by atoms with Crippen LogP contribution in [0.3, 0.4) is 0 Å². The van der Waals surface area contributed by atoms with Gasteiger partial charge in [0.15, 0.2) is 0 Å². The van der Waals surface area contributed by atoms with E-state index in [2.05, 4.69) is 0 Å². The van der Waals surface area contributed by atoms with Gasteiger partial charge in [-0.25, -0.2) is 4.79 Å². The highest BCUT2D eigenvalue weighted by Crippen LogP contribution is 2.28. The van der Waals surface area contributed by atoms with Crippen LogP contribution in [0.4, 0.5) is 0 Å². The van der Waals surface area contributed by atoms with Crippen LogP contribution in [0.25, 0.3) is 10.9 Å². The van der Waals surface area contributed by atoms with Crippen LogP contribution in [0.1, 0.15) is 24.5 Å². The lowest BCUT2D eigenvalue weighted by Gasteiger charge is -2.17. The van der Waals surface area contributed by atoms with E-state index in [0.29, 0.717) is 41.1 Å². The Bertz CT molecular complexity index is 1100. The average Bonchev–Trinajstić information content (AvgIpc) is 2.69. The van der Waals surface area contributed by atoms with Crippen molar-refractivity contribution < 1.29 is 9.84 Å². The van der Waals surface area contributed by atoms with Crippen LogP contribution < -0.4 is 16.0 Å². The van der Waals surface area contributed by atoms with Gasteiger partial charge in [-0.05, 0) is 43.2 Å². The summed E-state index contributed by atoms with van der Waals surface area (Å²) in [5.41, 5.74) is 1.51. The minimum atomic E-state index is -0.396. The van der Waals surface area contributed by atoms with Crippen molar-refractivity contribution in [2.24, 2.45) is 7.05 Å². The highest BCUT2D eigenvalue weighted by Gasteiger charge is 2.18. The van der Waals surface area contributed by atoms with Crippen molar-refractivity contribution in [2.45, 2.75) is 26.3 Å². The standard InChI is InChI=1S/C21H23ClN2O4/c1-3-28-18-10-9-17-19(16(18)13-14-5-7-15(22)8-6-14)20(26)24(11-4-12-25)21(27)23(17)2/h5-10,25H,3-4,11-13H2,1-2H3. The molecule has 0 unspecified atom stereocenters. The Morgan fingerprint density at radius 1 is 1.11 bits per heavy atom. The lowest BCUT2D eigenvalue weighted by molar-refractivity contribution is 0.277. The van der Waals surface area contributed by atoms with Gasteiger partial charge < -0.3 is 9.84 Å². The molecule has 7 heteroatoms. The predicted molar refractivity (Wildman–Crippen MR) is 111 cm³/mol. The van der Waals surface area contributed by atoms with Gasteiger partial charge in [-0.1, -0.05) is 23.7 Å². The molecule has 0 bridgehead atoms. The number of rotatable bonds is 7.